The van der Waals surface area contributed by atoms with Gasteiger partial charge in [-0.25, -0.2) is 4.79 Å². The van der Waals surface area contributed by atoms with Gasteiger partial charge < -0.3 is 10.1 Å². The maximum absolute atomic E-state index is 12.7. The number of thioether (sulfide) groups is 1. The smallest absolute Gasteiger partial charge is 0.341 e. The van der Waals surface area contributed by atoms with E-state index in [9.17, 15) is 14.4 Å². The molecule has 0 aliphatic rings. The van der Waals surface area contributed by atoms with Gasteiger partial charge in [-0.15, -0.1) is 21.5 Å². The number of hydrogen-bond acceptors (Lipinski definition) is 8. The SMILES string of the molecule is CCOC(=O)c1c(-c2ccccc2)csc1NC(=O)[C@H](C)Sc1nnc(C)c(=O)[nH]1. The number of benzene rings is 1. The Bertz CT molecular complexity index is 1110. The van der Waals surface area contributed by atoms with Gasteiger partial charge >= 0.3 is 5.97 Å². The predicted molar refractivity (Wildman–Crippen MR) is 117 cm³/mol. The molecule has 0 unspecified atom stereocenters. The number of hydrogen-bond donors (Lipinski definition) is 2. The van der Waals surface area contributed by atoms with Gasteiger partial charge in [0.15, 0.2) is 5.16 Å². The second-order valence-corrected chi connectivity index (χ2v) is 8.44. The van der Waals surface area contributed by atoms with E-state index in [-0.39, 0.29) is 28.9 Å². The van der Waals surface area contributed by atoms with Crippen LogP contribution in [0.5, 0.6) is 0 Å². The molecule has 0 saturated heterocycles. The highest BCUT2D eigenvalue weighted by atomic mass is 32.2. The van der Waals surface area contributed by atoms with Crippen molar-refractivity contribution in [3.05, 3.63) is 57.3 Å². The highest BCUT2D eigenvalue weighted by Gasteiger charge is 2.25. The van der Waals surface area contributed by atoms with Crippen LogP contribution in [0, 0.1) is 6.92 Å². The van der Waals surface area contributed by atoms with Gasteiger partial charge in [-0.05, 0) is 26.3 Å². The summed E-state index contributed by atoms with van der Waals surface area (Å²) in [7, 11) is 0. The van der Waals surface area contributed by atoms with Gasteiger partial charge in [0.25, 0.3) is 5.56 Å². The average molecular weight is 445 g/mol. The van der Waals surface area contributed by atoms with Crippen molar-refractivity contribution in [2.24, 2.45) is 0 Å². The summed E-state index contributed by atoms with van der Waals surface area (Å²) < 4.78 is 5.20. The summed E-state index contributed by atoms with van der Waals surface area (Å²) in [5, 5.41) is 12.3. The standard InChI is InChI=1S/C20H20N4O4S2/c1-4-28-19(27)15-14(13-8-6-5-7-9-13)10-29-18(15)21-17(26)12(3)30-20-22-16(25)11(2)23-24-20/h5-10,12H,4H2,1-3H3,(H,21,26)(H,22,24,25)/t12-/m0/s1. The Hall–Kier alpha value is -2.98. The molecule has 0 bridgehead atoms. The minimum Gasteiger partial charge on any atom is -0.462 e. The van der Waals surface area contributed by atoms with E-state index in [1.165, 1.54) is 11.3 Å². The predicted octanol–water partition coefficient (Wildman–Crippen LogP) is 3.50. The van der Waals surface area contributed by atoms with Crippen molar-refractivity contribution in [2.45, 2.75) is 31.2 Å². The summed E-state index contributed by atoms with van der Waals surface area (Å²) in [6, 6.07) is 9.42. The molecule has 0 fully saturated rings. The van der Waals surface area contributed by atoms with Gasteiger partial charge in [-0.1, -0.05) is 42.1 Å². The molecule has 0 radical (unpaired) electrons. The van der Waals surface area contributed by atoms with Crippen LogP contribution in [0.2, 0.25) is 0 Å². The van der Waals surface area contributed by atoms with Crippen LogP contribution in [0.25, 0.3) is 11.1 Å². The maximum atomic E-state index is 12.7. The third kappa shape index (κ3) is 4.95. The second kappa shape index (κ2) is 9.68. The summed E-state index contributed by atoms with van der Waals surface area (Å²) in [4.78, 5) is 39.6. The molecule has 0 spiro atoms. The number of esters is 1. The number of aromatic amines is 1. The molecule has 2 heterocycles. The van der Waals surface area contributed by atoms with E-state index >= 15 is 0 Å². The van der Waals surface area contributed by atoms with Crippen molar-refractivity contribution in [1.29, 1.82) is 0 Å². The molecular weight excluding hydrogens is 424 g/mol. The number of anilines is 1. The molecule has 0 aliphatic carbocycles. The summed E-state index contributed by atoms with van der Waals surface area (Å²) in [5.41, 5.74) is 1.77. The molecule has 0 saturated carbocycles. The van der Waals surface area contributed by atoms with E-state index in [4.69, 9.17) is 4.74 Å². The molecular formula is C20H20N4O4S2. The number of ether oxygens (including phenoxy) is 1. The van der Waals surface area contributed by atoms with Crippen LogP contribution in [0.15, 0.2) is 45.7 Å². The lowest BCUT2D eigenvalue weighted by Gasteiger charge is -2.12. The molecule has 156 valence electrons. The molecule has 1 atom stereocenters. The van der Waals surface area contributed by atoms with E-state index in [2.05, 4.69) is 20.5 Å². The molecule has 3 rings (SSSR count). The molecule has 8 nitrogen and oxygen atoms in total. The zero-order valence-corrected chi connectivity index (χ0v) is 18.2. The average Bonchev–Trinajstić information content (AvgIpc) is 3.15. The Morgan fingerprint density at radius 1 is 1.27 bits per heavy atom. The molecule has 0 aliphatic heterocycles. The Morgan fingerprint density at radius 3 is 2.67 bits per heavy atom. The first-order valence-corrected chi connectivity index (χ1v) is 10.9. The van der Waals surface area contributed by atoms with E-state index < -0.39 is 11.2 Å². The molecule has 10 heteroatoms. The van der Waals surface area contributed by atoms with Crippen LogP contribution in [0.1, 0.15) is 29.9 Å². The van der Waals surface area contributed by atoms with Crippen molar-refractivity contribution in [3.63, 3.8) is 0 Å². The second-order valence-electron chi connectivity index (χ2n) is 6.23. The molecule has 1 amide bonds. The number of aromatic nitrogens is 3. The summed E-state index contributed by atoms with van der Waals surface area (Å²) in [5.74, 6) is -0.836. The van der Waals surface area contributed by atoms with Gasteiger partial charge in [-0.3, -0.25) is 14.6 Å². The van der Waals surface area contributed by atoms with Crippen LogP contribution in [0.4, 0.5) is 5.00 Å². The first-order chi connectivity index (χ1) is 14.4. The van der Waals surface area contributed by atoms with Crippen molar-refractivity contribution >= 4 is 40.0 Å². The lowest BCUT2D eigenvalue weighted by Crippen LogP contribution is -2.24. The van der Waals surface area contributed by atoms with Crippen LogP contribution in [-0.4, -0.2) is 38.9 Å². The number of rotatable bonds is 7. The Morgan fingerprint density at radius 2 is 2.00 bits per heavy atom. The third-order valence-corrected chi connectivity index (χ3v) is 5.96. The molecule has 30 heavy (non-hydrogen) atoms. The largest absolute Gasteiger partial charge is 0.462 e. The number of carbonyl (C=O) groups is 2. The maximum Gasteiger partial charge on any atom is 0.341 e. The van der Waals surface area contributed by atoms with Crippen molar-refractivity contribution in [1.82, 2.24) is 15.2 Å². The van der Waals surface area contributed by atoms with Gasteiger partial charge in [-0.2, -0.15) is 0 Å². The zero-order valence-electron chi connectivity index (χ0n) is 16.6. The Balaban J connectivity index is 1.83. The Kier molecular flexibility index (Phi) is 7.01. The van der Waals surface area contributed by atoms with E-state index in [1.807, 2.05) is 35.7 Å². The highest BCUT2D eigenvalue weighted by molar-refractivity contribution is 8.00. The fourth-order valence-electron chi connectivity index (χ4n) is 2.55. The lowest BCUT2D eigenvalue weighted by atomic mass is 10.0. The van der Waals surface area contributed by atoms with Crippen molar-refractivity contribution in [3.8, 4) is 11.1 Å². The highest BCUT2D eigenvalue weighted by Crippen LogP contribution is 2.36. The fourth-order valence-corrected chi connectivity index (χ4v) is 4.25. The summed E-state index contributed by atoms with van der Waals surface area (Å²) in [6.07, 6.45) is 0. The van der Waals surface area contributed by atoms with Crippen LogP contribution in [-0.2, 0) is 9.53 Å². The van der Waals surface area contributed by atoms with E-state index in [0.29, 0.717) is 16.1 Å². The minimum absolute atomic E-state index is 0.224. The normalized spacial score (nSPS) is 11.7. The van der Waals surface area contributed by atoms with Crippen molar-refractivity contribution < 1.29 is 14.3 Å². The minimum atomic E-state index is -0.588. The number of nitrogens with zero attached hydrogens (tertiary/aromatic N) is 2. The quantitative estimate of drug-likeness (QED) is 0.423. The lowest BCUT2D eigenvalue weighted by molar-refractivity contribution is -0.115. The zero-order chi connectivity index (χ0) is 21.7. The number of H-pyrrole nitrogens is 1. The molecule has 3 aromatic rings. The summed E-state index contributed by atoms with van der Waals surface area (Å²) in [6.45, 7) is 5.18. The van der Waals surface area contributed by atoms with Gasteiger partial charge in [0.05, 0.1) is 11.9 Å². The van der Waals surface area contributed by atoms with Crippen molar-refractivity contribution in [2.75, 3.05) is 11.9 Å². The summed E-state index contributed by atoms with van der Waals surface area (Å²) >= 11 is 2.32. The molecule has 2 aromatic heterocycles. The van der Waals surface area contributed by atoms with E-state index in [1.54, 1.807) is 20.8 Å². The van der Waals surface area contributed by atoms with Crippen LogP contribution in [0.3, 0.4) is 0 Å². The number of aryl methyl sites for hydroxylation is 1. The number of nitrogens with one attached hydrogen (secondary N) is 2. The number of carbonyl (C=O) groups excluding carboxylic acids is 2. The van der Waals surface area contributed by atoms with Gasteiger partial charge in [0, 0.05) is 10.9 Å². The third-order valence-electron chi connectivity index (χ3n) is 4.09. The molecule has 1 aromatic carbocycles. The number of amides is 1. The molecule has 2 N–H and O–H groups in total. The monoisotopic (exact) mass is 444 g/mol. The van der Waals surface area contributed by atoms with Gasteiger partial charge in [0.1, 0.15) is 16.3 Å². The van der Waals surface area contributed by atoms with E-state index in [0.717, 1.165) is 17.3 Å². The Labute approximate surface area is 181 Å². The van der Waals surface area contributed by atoms with Crippen LogP contribution < -0.4 is 10.9 Å². The first-order valence-electron chi connectivity index (χ1n) is 9.15. The fraction of sp³-hybridized carbons (Fsp3) is 0.250. The van der Waals surface area contributed by atoms with Crippen LogP contribution >= 0.6 is 23.1 Å². The topological polar surface area (TPSA) is 114 Å². The number of thiophene rings is 1. The first kappa shape index (κ1) is 21.7. The van der Waals surface area contributed by atoms with Gasteiger partial charge in [0.2, 0.25) is 5.91 Å².